The van der Waals surface area contributed by atoms with E-state index in [0.29, 0.717) is 26.2 Å². The molecule has 7 nitrogen and oxygen atoms in total. The molecule has 4 heterocycles. The number of urea groups is 1. The summed E-state index contributed by atoms with van der Waals surface area (Å²) in [5, 5.41) is 1.11. The summed E-state index contributed by atoms with van der Waals surface area (Å²) in [7, 11) is 0. The zero-order chi connectivity index (χ0) is 18.1. The van der Waals surface area contributed by atoms with Gasteiger partial charge in [-0.2, -0.15) is 0 Å². The van der Waals surface area contributed by atoms with Crippen LogP contribution < -0.4 is 5.73 Å². The van der Waals surface area contributed by atoms with Gasteiger partial charge in [-0.05, 0) is 37.0 Å². The first-order valence-electron chi connectivity index (χ1n) is 9.08. The maximum Gasteiger partial charge on any atom is 0.314 e. The number of pyridine rings is 1. The van der Waals surface area contributed by atoms with Crippen molar-refractivity contribution in [3.8, 4) is 0 Å². The molecule has 0 aliphatic carbocycles. The highest BCUT2D eigenvalue weighted by Gasteiger charge is 2.31. The van der Waals surface area contributed by atoms with E-state index in [1.54, 1.807) is 11.1 Å². The Morgan fingerprint density at radius 3 is 2.92 bits per heavy atom. The van der Waals surface area contributed by atoms with Gasteiger partial charge in [0.2, 0.25) is 5.91 Å². The van der Waals surface area contributed by atoms with Crippen LogP contribution in [0.5, 0.6) is 0 Å². The summed E-state index contributed by atoms with van der Waals surface area (Å²) < 4.78 is 0. The highest BCUT2D eigenvalue weighted by molar-refractivity contribution is 5.91. The number of primary amides is 1. The van der Waals surface area contributed by atoms with E-state index in [1.165, 1.54) is 5.57 Å². The number of carbonyl (C=O) groups is 2. The summed E-state index contributed by atoms with van der Waals surface area (Å²) in [6, 6.07) is 3.57. The van der Waals surface area contributed by atoms with Crippen LogP contribution in [0, 0.1) is 5.92 Å². The van der Waals surface area contributed by atoms with Crippen LogP contribution in [0.2, 0.25) is 0 Å². The molecule has 3 N–H and O–H groups in total. The summed E-state index contributed by atoms with van der Waals surface area (Å²) in [6.45, 7) is 2.39. The van der Waals surface area contributed by atoms with Crippen molar-refractivity contribution in [2.45, 2.75) is 19.3 Å². The number of H-pyrrole nitrogens is 1. The number of piperidine rings is 1. The van der Waals surface area contributed by atoms with Crippen LogP contribution in [-0.2, 0) is 4.79 Å². The number of carbonyl (C=O) groups excluding carboxylic acids is 2. The molecule has 0 saturated carbocycles. The van der Waals surface area contributed by atoms with Gasteiger partial charge in [-0.1, -0.05) is 6.08 Å². The first kappa shape index (κ1) is 16.6. The molecular formula is C19H23N5O2. The lowest BCUT2D eigenvalue weighted by Crippen LogP contribution is -2.49. The minimum Gasteiger partial charge on any atom is -0.351 e. The number of hydrogen-bond acceptors (Lipinski definition) is 3. The van der Waals surface area contributed by atoms with Gasteiger partial charge in [0.1, 0.15) is 5.65 Å². The molecule has 2 aliphatic rings. The van der Waals surface area contributed by atoms with Crippen LogP contribution in [0.25, 0.3) is 16.6 Å². The number of nitrogens with zero attached hydrogens (tertiary/aromatic N) is 3. The summed E-state index contributed by atoms with van der Waals surface area (Å²) in [6.07, 6.45) is 8.37. The molecule has 0 spiro atoms. The fourth-order valence-electron chi connectivity index (χ4n) is 3.97. The molecule has 1 unspecified atom stereocenters. The van der Waals surface area contributed by atoms with Crippen molar-refractivity contribution in [3.63, 3.8) is 0 Å². The number of rotatable bonds is 2. The smallest absolute Gasteiger partial charge is 0.314 e. The summed E-state index contributed by atoms with van der Waals surface area (Å²) in [5.41, 5.74) is 8.67. The van der Waals surface area contributed by atoms with Crippen LogP contribution in [-0.4, -0.2) is 57.9 Å². The molecule has 136 valence electrons. The summed E-state index contributed by atoms with van der Waals surface area (Å²) >= 11 is 0. The number of likely N-dealkylation sites (tertiary alicyclic amines) is 1. The lowest BCUT2D eigenvalue weighted by Gasteiger charge is -2.35. The van der Waals surface area contributed by atoms with Gasteiger partial charge in [0, 0.05) is 49.5 Å². The molecule has 0 aromatic carbocycles. The highest BCUT2D eigenvalue weighted by atomic mass is 16.2. The number of nitrogens with one attached hydrogen (secondary N) is 1. The third-order valence-electron chi connectivity index (χ3n) is 5.40. The van der Waals surface area contributed by atoms with Crippen LogP contribution in [0.15, 0.2) is 30.6 Å². The number of amides is 3. The lowest BCUT2D eigenvalue weighted by atomic mass is 9.94. The number of fused-ring (bicyclic) bond motifs is 1. The van der Waals surface area contributed by atoms with Gasteiger partial charge in [-0.3, -0.25) is 4.79 Å². The second kappa shape index (κ2) is 6.82. The predicted octanol–water partition coefficient (Wildman–Crippen LogP) is 1.97. The fraction of sp³-hybridized carbons (Fsp3) is 0.421. The van der Waals surface area contributed by atoms with Crippen molar-refractivity contribution >= 4 is 28.5 Å². The van der Waals surface area contributed by atoms with E-state index in [9.17, 15) is 9.59 Å². The zero-order valence-corrected chi connectivity index (χ0v) is 14.6. The van der Waals surface area contributed by atoms with E-state index < -0.39 is 6.03 Å². The first-order chi connectivity index (χ1) is 12.6. The van der Waals surface area contributed by atoms with Gasteiger partial charge in [-0.25, -0.2) is 9.78 Å². The molecule has 1 saturated heterocycles. The SMILES string of the molecule is NC(=O)N1CCCC(C(=O)N2CC=C(c3c[nH]c4ncccc34)CC2)C1. The third kappa shape index (κ3) is 3.05. The molecule has 26 heavy (non-hydrogen) atoms. The Hall–Kier alpha value is -2.83. The molecule has 7 heteroatoms. The molecule has 0 radical (unpaired) electrons. The number of hydrogen-bond donors (Lipinski definition) is 2. The Morgan fingerprint density at radius 2 is 2.15 bits per heavy atom. The average Bonchev–Trinajstić information content (AvgIpc) is 3.12. The van der Waals surface area contributed by atoms with Crippen LogP contribution >= 0.6 is 0 Å². The van der Waals surface area contributed by atoms with Crippen LogP contribution in [0.4, 0.5) is 4.79 Å². The van der Waals surface area contributed by atoms with Crippen molar-refractivity contribution in [2.75, 3.05) is 26.2 Å². The normalized spacial score (nSPS) is 20.9. The van der Waals surface area contributed by atoms with E-state index in [0.717, 1.165) is 35.9 Å². The summed E-state index contributed by atoms with van der Waals surface area (Å²) in [5.74, 6) is -0.00432. The van der Waals surface area contributed by atoms with E-state index in [2.05, 4.69) is 22.1 Å². The fourth-order valence-corrected chi connectivity index (χ4v) is 3.97. The van der Waals surface area contributed by atoms with Crippen molar-refractivity contribution in [1.29, 1.82) is 0 Å². The van der Waals surface area contributed by atoms with Crippen LogP contribution in [0.3, 0.4) is 0 Å². The summed E-state index contributed by atoms with van der Waals surface area (Å²) in [4.78, 5) is 35.2. The quantitative estimate of drug-likeness (QED) is 0.864. The Labute approximate surface area is 151 Å². The van der Waals surface area contributed by atoms with Gasteiger partial charge >= 0.3 is 6.03 Å². The maximum atomic E-state index is 12.8. The first-order valence-corrected chi connectivity index (χ1v) is 9.08. The topological polar surface area (TPSA) is 95.3 Å². The van der Waals surface area contributed by atoms with E-state index in [-0.39, 0.29) is 11.8 Å². The standard InChI is InChI=1S/C19H23N5O2/c20-19(26)24-8-2-3-14(12-24)18(25)23-9-5-13(6-10-23)16-11-22-17-15(16)4-1-7-21-17/h1,4-5,7,11,14H,2-3,6,8-10,12H2,(H2,20,26)(H,21,22). The van der Waals surface area contributed by atoms with Crippen molar-refractivity contribution < 1.29 is 9.59 Å². The maximum absolute atomic E-state index is 12.8. The molecule has 2 aliphatic heterocycles. The Kier molecular flexibility index (Phi) is 4.36. The van der Waals surface area contributed by atoms with Crippen LogP contribution in [0.1, 0.15) is 24.8 Å². The van der Waals surface area contributed by atoms with Crippen molar-refractivity contribution in [1.82, 2.24) is 19.8 Å². The molecule has 3 amide bonds. The Balaban J connectivity index is 1.45. The lowest BCUT2D eigenvalue weighted by molar-refractivity contribution is -0.136. The van der Waals surface area contributed by atoms with Gasteiger partial charge in [0.05, 0.1) is 5.92 Å². The molecule has 1 atom stereocenters. The number of aromatic nitrogens is 2. The molecule has 1 fully saturated rings. The average molecular weight is 353 g/mol. The van der Waals surface area contributed by atoms with E-state index >= 15 is 0 Å². The molecule has 0 bridgehead atoms. The van der Waals surface area contributed by atoms with Gasteiger partial charge in [0.15, 0.2) is 0 Å². The molecule has 4 rings (SSSR count). The van der Waals surface area contributed by atoms with Gasteiger partial charge in [0.25, 0.3) is 0 Å². The Morgan fingerprint density at radius 1 is 1.27 bits per heavy atom. The molecule has 2 aromatic rings. The second-order valence-corrected chi connectivity index (χ2v) is 6.99. The van der Waals surface area contributed by atoms with Crippen molar-refractivity contribution in [2.24, 2.45) is 11.7 Å². The molecule has 2 aromatic heterocycles. The number of aromatic amines is 1. The van der Waals surface area contributed by atoms with Gasteiger partial charge < -0.3 is 20.5 Å². The highest BCUT2D eigenvalue weighted by Crippen LogP contribution is 2.29. The monoisotopic (exact) mass is 353 g/mol. The number of nitrogens with two attached hydrogens (primary N) is 1. The Bertz CT molecular complexity index is 872. The van der Waals surface area contributed by atoms with Crippen molar-refractivity contribution in [3.05, 3.63) is 36.2 Å². The predicted molar refractivity (Wildman–Crippen MR) is 99.1 cm³/mol. The zero-order valence-electron chi connectivity index (χ0n) is 14.6. The van der Waals surface area contributed by atoms with E-state index in [1.807, 2.05) is 17.2 Å². The minimum atomic E-state index is -0.434. The largest absolute Gasteiger partial charge is 0.351 e. The second-order valence-electron chi connectivity index (χ2n) is 6.99. The minimum absolute atomic E-state index is 0.131. The third-order valence-corrected chi connectivity index (χ3v) is 5.40. The van der Waals surface area contributed by atoms with Gasteiger partial charge in [-0.15, -0.1) is 0 Å². The van der Waals surface area contributed by atoms with E-state index in [4.69, 9.17) is 5.73 Å². The molecular weight excluding hydrogens is 330 g/mol.